The maximum atomic E-state index is 14.0. The van der Waals surface area contributed by atoms with E-state index in [1.807, 2.05) is 12.1 Å². The van der Waals surface area contributed by atoms with Gasteiger partial charge in [-0.2, -0.15) is 0 Å². The zero-order valence-electron chi connectivity index (χ0n) is 25.3. The number of nitrogens with two attached hydrogens (primary N) is 1. The lowest BCUT2D eigenvalue weighted by molar-refractivity contribution is -0.181. The number of amides is 1. The third-order valence-corrected chi connectivity index (χ3v) is 9.60. The number of primary amides is 1. The number of rotatable bonds is 6. The highest BCUT2D eigenvalue weighted by atomic mass is 16.3. The van der Waals surface area contributed by atoms with Crippen LogP contribution in [0.2, 0.25) is 0 Å². The lowest BCUT2D eigenvalue weighted by Crippen LogP contribution is -2.74. The van der Waals surface area contributed by atoms with Crippen molar-refractivity contribution in [1.29, 1.82) is 0 Å². The van der Waals surface area contributed by atoms with E-state index in [2.05, 4.69) is 32.9 Å². The van der Waals surface area contributed by atoms with Crippen molar-refractivity contribution in [2.45, 2.75) is 64.5 Å². The average Bonchev–Trinajstić information content (AvgIpc) is 2.90. The third kappa shape index (κ3) is 5.02. The van der Waals surface area contributed by atoms with E-state index >= 15 is 0 Å². The summed E-state index contributed by atoms with van der Waals surface area (Å²) in [7, 11) is 3.13. The number of aromatic hydroxyl groups is 1. The predicted molar refractivity (Wildman–Crippen MR) is 159 cm³/mol. The van der Waals surface area contributed by atoms with Crippen molar-refractivity contribution >= 4 is 29.0 Å². The molecule has 9 nitrogen and oxygen atoms in total. The summed E-state index contributed by atoms with van der Waals surface area (Å²) in [5.74, 6) is -10.4. The summed E-state index contributed by atoms with van der Waals surface area (Å²) in [4.78, 5) is 68.3. The number of ketones is 4. The predicted octanol–water partition coefficient (Wildman–Crippen LogP) is 2.90. The number of carbonyl (C=O) groups excluding carboxylic acids is 5. The van der Waals surface area contributed by atoms with Crippen LogP contribution in [0.1, 0.15) is 61.5 Å². The molecule has 0 bridgehead atoms. The Kier molecular flexibility index (Phi) is 7.72. The van der Waals surface area contributed by atoms with Crippen LogP contribution >= 0.6 is 0 Å². The minimum atomic E-state index is -2.73. The maximum Gasteiger partial charge on any atom is 0.235 e. The molecule has 0 spiro atoms. The highest BCUT2D eigenvalue weighted by molar-refractivity contribution is 6.32. The summed E-state index contributed by atoms with van der Waals surface area (Å²) >= 11 is 0. The van der Waals surface area contributed by atoms with Gasteiger partial charge in [-0.15, -0.1) is 0 Å². The van der Waals surface area contributed by atoms with Gasteiger partial charge in [-0.1, -0.05) is 51.1 Å². The van der Waals surface area contributed by atoms with Gasteiger partial charge in [0.05, 0.1) is 17.5 Å². The Labute approximate surface area is 251 Å². The van der Waals surface area contributed by atoms with Gasteiger partial charge in [0.1, 0.15) is 5.75 Å². The van der Waals surface area contributed by atoms with E-state index in [9.17, 15) is 34.2 Å². The van der Waals surface area contributed by atoms with E-state index in [1.54, 1.807) is 20.2 Å². The summed E-state index contributed by atoms with van der Waals surface area (Å²) < 4.78 is 0. The molecule has 2 aromatic rings. The largest absolute Gasteiger partial charge is 0.507 e. The number of carbonyl (C=O) groups is 5. The van der Waals surface area contributed by atoms with Crippen LogP contribution in [-0.4, -0.2) is 69.9 Å². The highest BCUT2D eigenvalue weighted by Crippen LogP contribution is 2.51. The molecule has 1 amide bonds. The zero-order chi connectivity index (χ0) is 31.6. The molecule has 228 valence electrons. The number of nitrogens with zero attached hydrogens (tertiary/aromatic N) is 1. The van der Waals surface area contributed by atoms with Crippen LogP contribution in [-0.2, 0) is 32.0 Å². The molecule has 0 aliphatic heterocycles. The first-order valence-electron chi connectivity index (χ1n) is 14.9. The van der Waals surface area contributed by atoms with E-state index in [0.29, 0.717) is 5.56 Å². The number of aryl methyl sites for hydroxylation is 1. The van der Waals surface area contributed by atoms with Crippen molar-refractivity contribution in [3.8, 4) is 16.9 Å². The topological polar surface area (TPSA) is 155 Å². The molecule has 0 saturated heterocycles. The standard InChI is InChI=1S/C34H40N2O7/c1-33(2,3)14-6-7-17-8-10-18(11-9-17)20-12-13-23(37)25-21(20)15-19-16-22-27(36(4)5)29(39)26(32(35)42)31(41)34(22,43)30(40)24(19)28(25)38/h8-13,19,22,24,26-27,37,43H,6-7,14-16H2,1-5H3,(H2,35,42)/t19-,22-,24?,26?,27-,34-/m1/s1. The first kappa shape index (κ1) is 30.8. The quantitative estimate of drug-likeness (QED) is 0.435. The summed E-state index contributed by atoms with van der Waals surface area (Å²) in [5, 5.41) is 22.5. The molecule has 9 heteroatoms. The number of aliphatic hydroxyl groups is 1. The monoisotopic (exact) mass is 588 g/mol. The van der Waals surface area contributed by atoms with Crippen LogP contribution in [0.4, 0.5) is 0 Å². The van der Waals surface area contributed by atoms with Gasteiger partial charge >= 0.3 is 0 Å². The Morgan fingerprint density at radius 1 is 1.02 bits per heavy atom. The molecule has 0 heterocycles. The zero-order valence-corrected chi connectivity index (χ0v) is 25.3. The van der Waals surface area contributed by atoms with Crippen LogP contribution in [0.15, 0.2) is 36.4 Å². The SMILES string of the molecule is CN(C)[C@H]1C(=O)C(C(N)=O)C(=O)[C@]2(O)C(=O)C3C(=O)c4c(O)ccc(-c5ccc(CCCC(C)(C)C)cc5)c4C[C@@H]3C[C@H]12. The molecule has 6 atom stereocenters. The molecule has 3 aliphatic rings. The van der Waals surface area contributed by atoms with Crippen molar-refractivity contribution in [3.63, 3.8) is 0 Å². The van der Waals surface area contributed by atoms with Crippen LogP contribution < -0.4 is 5.73 Å². The van der Waals surface area contributed by atoms with Crippen molar-refractivity contribution in [1.82, 2.24) is 4.90 Å². The number of hydrogen-bond donors (Lipinski definition) is 3. The van der Waals surface area contributed by atoms with Gasteiger partial charge in [-0.05, 0) is 85.9 Å². The number of phenols is 1. The molecule has 5 rings (SSSR count). The van der Waals surface area contributed by atoms with E-state index in [0.717, 1.165) is 30.4 Å². The molecular weight excluding hydrogens is 548 g/mol. The lowest BCUT2D eigenvalue weighted by Gasteiger charge is -2.52. The molecule has 2 aromatic carbocycles. The van der Waals surface area contributed by atoms with Gasteiger partial charge in [0.15, 0.2) is 34.7 Å². The maximum absolute atomic E-state index is 14.0. The van der Waals surface area contributed by atoms with Crippen LogP contribution in [0.3, 0.4) is 0 Å². The molecule has 0 radical (unpaired) electrons. The molecule has 0 aromatic heterocycles. The Balaban J connectivity index is 1.52. The Morgan fingerprint density at radius 3 is 2.26 bits per heavy atom. The van der Waals surface area contributed by atoms with Crippen molar-refractivity contribution in [3.05, 3.63) is 53.1 Å². The minimum absolute atomic E-state index is 0.00153. The number of phenolic OH excluding ortho intramolecular Hbond substituents is 1. The van der Waals surface area contributed by atoms with E-state index < -0.39 is 64.4 Å². The smallest absolute Gasteiger partial charge is 0.235 e. The fourth-order valence-corrected chi connectivity index (χ4v) is 7.55. The molecule has 2 saturated carbocycles. The summed E-state index contributed by atoms with van der Waals surface area (Å²) in [6.07, 6.45) is 3.36. The molecule has 2 unspecified atom stereocenters. The number of fused-ring (bicyclic) bond motifs is 3. The second kappa shape index (κ2) is 10.8. The van der Waals surface area contributed by atoms with Gasteiger partial charge in [-0.25, -0.2) is 0 Å². The molecular formula is C34H40N2O7. The summed E-state index contributed by atoms with van der Waals surface area (Å²) in [5.41, 5.74) is 6.32. The van der Waals surface area contributed by atoms with Gasteiger partial charge in [0.25, 0.3) is 0 Å². The van der Waals surface area contributed by atoms with E-state index in [4.69, 9.17) is 5.73 Å². The third-order valence-electron chi connectivity index (χ3n) is 9.60. The van der Waals surface area contributed by atoms with Crippen LogP contribution in [0, 0.1) is 29.1 Å². The molecule has 3 aliphatic carbocycles. The van der Waals surface area contributed by atoms with Gasteiger partial charge in [-0.3, -0.25) is 28.9 Å². The first-order valence-corrected chi connectivity index (χ1v) is 14.9. The fraction of sp³-hybridized carbons (Fsp3) is 0.500. The number of likely N-dealkylation sites (N-methyl/N-ethyl adjacent to an activating group) is 1. The van der Waals surface area contributed by atoms with Crippen LogP contribution in [0.5, 0.6) is 5.75 Å². The van der Waals surface area contributed by atoms with Gasteiger partial charge < -0.3 is 15.9 Å². The second-order valence-electron chi connectivity index (χ2n) is 13.9. The Morgan fingerprint density at radius 2 is 1.67 bits per heavy atom. The van der Waals surface area contributed by atoms with Gasteiger partial charge in [0, 0.05) is 5.92 Å². The average molecular weight is 589 g/mol. The summed E-state index contributed by atoms with van der Waals surface area (Å²) in [6, 6.07) is 10.2. The normalized spacial score (nSPS) is 28.9. The first-order chi connectivity index (χ1) is 20.1. The molecule has 4 N–H and O–H groups in total. The van der Waals surface area contributed by atoms with Gasteiger partial charge in [0.2, 0.25) is 5.91 Å². The van der Waals surface area contributed by atoms with Crippen molar-refractivity contribution in [2.75, 3.05) is 14.1 Å². The highest BCUT2D eigenvalue weighted by Gasteiger charge is 2.69. The van der Waals surface area contributed by atoms with E-state index in [-0.39, 0.29) is 29.6 Å². The Hall–Kier alpha value is -3.69. The number of hydrogen-bond acceptors (Lipinski definition) is 8. The van der Waals surface area contributed by atoms with Crippen molar-refractivity contribution < 1.29 is 34.2 Å². The minimum Gasteiger partial charge on any atom is -0.507 e. The fourth-order valence-electron chi connectivity index (χ4n) is 7.55. The summed E-state index contributed by atoms with van der Waals surface area (Å²) in [6.45, 7) is 6.66. The Bertz CT molecular complexity index is 1520. The number of Topliss-reactive ketones (excluding diaryl/α,β-unsaturated/α-hetero) is 4. The van der Waals surface area contributed by atoms with Crippen LogP contribution in [0.25, 0.3) is 11.1 Å². The lowest BCUT2D eigenvalue weighted by atomic mass is 9.52. The number of benzene rings is 2. The van der Waals surface area contributed by atoms with E-state index in [1.165, 1.54) is 16.5 Å². The molecule has 43 heavy (non-hydrogen) atoms. The second-order valence-corrected chi connectivity index (χ2v) is 13.9. The molecule has 2 fully saturated rings. The van der Waals surface area contributed by atoms with Crippen molar-refractivity contribution in [2.24, 2.45) is 34.8 Å².